The van der Waals surface area contributed by atoms with E-state index in [4.69, 9.17) is 0 Å². The number of pyridine rings is 2. The van der Waals surface area contributed by atoms with Gasteiger partial charge in [-0.1, -0.05) is 42.5 Å². The Morgan fingerprint density at radius 1 is 0.900 bits per heavy atom. The zero-order chi connectivity index (χ0) is 21.1. The van der Waals surface area contributed by atoms with Crippen molar-refractivity contribution in [3.63, 3.8) is 0 Å². The van der Waals surface area contributed by atoms with Crippen molar-refractivity contribution in [1.82, 2.24) is 9.97 Å². The number of aromatic nitrogens is 2. The minimum atomic E-state index is -3.22. The van der Waals surface area contributed by atoms with E-state index in [1.165, 1.54) is 6.26 Å². The van der Waals surface area contributed by atoms with Gasteiger partial charge in [-0.15, -0.1) is 0 Å². The molecule has 150 valence electrons. The molecule has 0 saturated carbocycles. The summed E-state index contributed by atoms with van der Waals surface area (Å²) in [5.41, 5.74) is 3.96. The zero-order valence-corrected chi connectivity index (χ0v) is 17.3. The summed E-state index contributed by atoms with van der Waals surface area (Å²) in [6.45, 7) is 0. The van der Waals surface area contributed by atoms with Gasteiger partial charge in [0.1, 0.15) is 5.69 Å². The number of aryl methyl sites for hydroxylation is 1. The van der Waals surface area contributed by atoms with Gasteiger partial charge in [0.15, 0.2) is 15.6 Å². The van der Waals surface area contributed by atoms with E-state index in [2.05, 4.69) is 9.97 Å². The fourth-order valence-corrected chi connectivity index (χ4v) is 3.95. The van der Waals surface area contributed by atoms with Crippen molar-refractivity contribution in [2.24, 2.45) is 0 Å². The summed E-state index contributed by atoms with van der Waals surface area (Å²) in [7, 11) is -3.22. The summed E-state index contributed by atoms with van der Waals surface area (Å²) in [6.07, 6.45) is 5.50. The quantitative estimate of drug-likeness (QED) is 0.432. The van der Waals surface area contributed by atoms with Crippen LogP contribution in [0.1, 0.15) is 22.5 Å². The van der Waals surface area contributed by atoms with Gasteiger partial charge in [0, 0.05) is 36.0 Å². The number of ketones is 1. The maximum atomic E-state index is 12.8. The van der Waals surface area contributed by atoms with Crippen molar-refractivity contribution < 1.29 is 13.2 Å². The lowest BCUT2D eigenvalue weighted by Crippen LogP contribution is -2.05. The molecule has 0 saturated heterocycles. The predicted molar refractivity (Wildman–Crippen MR) is 117 cm³/mol. The maximum Gasteiger partial charge on any atom is 0.181 e. The minimum Gasteiger partial charge on any atom is -0.292 e. The van der Waals surface area contributed by atoms with Crippen molar-refractivity contribution in [3.8, 4) is 11.1 Å². The lowest BCUT2D eigenvalue weighted by atomic mass is 10.0. The van der Waals surface area contributed by atoms with E-state index in [9.17, 15) is 13.2 Å². The van der Waals surface area contributed by atoms with Crippen LogP contribution >= 0.6 is 0 Å². The van der Waals surface area contributed by atoms with Crippen molar-refractivity contribution in [2.45, 2.75) is 17.7 Å². The highest BCUT2D eigenvalue weighted by molar-refractivity contribution is 7.90. The minimum absolute atomic E-state index is 0.0556. The molecular formula is C24H20N2O3S. The largest absolute Gasteiger partial charge is 0.292 e. The second kappa shape index (κ2) is 8.16. The molecule has 6 heteroatoms. The number of Topliss-reactive ketones (excluding diaryl/α,β-unsaturated/α-hetero) is 1. The molecule has 0 amide bonds. The van der Waals surface area contributed by atoms with Crippen LogP contribution in [0.5, 0.6) is 0 Å². The van der Waals surface area contributed by atoms with Crippen LogP contribution in [-0.2, 0) is 16.3 Å². The Balaban J connectivity index is 1.56. The van der Waals surface area contributed by atoms with E-state index in [1.54, 1.807) is 42.7 Å². The fourth-order valence-electron chi connectivity index (χ4n) is 3.32. The number of carbonyl (C=O) groups excluding carboxylic acids is 1. The highest BCUT2D eigenvalue weighted by Crippen LogP contribution is 2.26. The van der Waals surface area contributed by atoms with Gasteiger partial charge in [-0.25, -0.2) is 13.4 Å². The number of nitrogens with zero attached hydrogens (tertiary/aromatic N) is 2. The standard InChI is InChI=1S/C24H20N2O3S/c1-30(28,29)20-11-7-17(8-12-20)9-14-23(27)22-13-10-19-15-25-16-21(24(19)26-22)18-5-3-2-4-6-18/h2-8,10-13,15-16H,9,14H2,1H3. The first-order valence-corrected chi connectivity index (χ1v) is 11.4. The van der Waals surface area contributed by atoms with Crippen LogP contribution in [0.3, 0.4) is 0 Å². The first-order chi connectivity index (χ1) is 14.4. The first kappa shape index (κ1) is 19.9. The molecule has 0 N–H and O–H groups in total. The lowest BCUT2D eigenvalue weighted by molar-refractivity contribution is 0.0978. The van der Waals surface area contributed by atoms with E-state index in [0.717, 1.165) is 27.6 Å². The van der Waals surface area contributed by atoms with Crippen LogP contribution in [0.2, 0.25) is 0 Å². The Kier molecular flexibility index (Phi) is 5.42. The highest BCUT2D eigenvalue weighted by atomic mass is 32.2. The van der Waals surface area contributed by atoms with Gasteiger partial charge in [0.25, 0.3) is 0 Å². The molecule has 4 rings (SSSR count). The molecule has 2 aromatic heterocycles. The molecule has 5 nitrogen and oxygen atoms in total. The van der Waals surface area contributed by atoms with Gasteiger partial charge in [-0.3, -0.25) is 9.78 Å². The Labute approximate surface area is 175 Å². The van der Waals surface area contributed by atoms with E-state index in [0.29, 0.717) is 18.5 Å². The monoisotopic (exact) mass is 416 g/mol. The summed E-state index contributed by atoms with van der Waals surface area (Å²) in [5, 5.41) is 0.879. The summed E-state index contributed by atoms with van der Waals surface area (Å²) in [4.78, 5) is 22.0. The van der Waals surface area contributed by atoms with Crippen molar-refractivity contribution in [1.29, 1.82) is 0 Å². The topological polar surface area (TPSA) is 77.0 Å². The van der Waals surface area contributed by atoms with E-state index < -0.39 is 9.84 Å². The van der Waals surface area contributed by atoms with Crippen LogP contribution in [0.25, 0.3) is 22.0 Å². The highest BCUT2D eigenvalue weighted by Gasteiger charge is 2.12. The Bertz CT molecular complexity index is 1320. The molecule has 0 spiro atoms. The summed E-state index contributed by atoms with van der Waals surface area (Å²) >= 11 is 0. The van der Waals surface area contributed by atoms with Gasteiger partial charge in [-0.05, 0) is 41.8 Å². The first-order valence-electron chi connectivity index (χ1n) is 9.54. The molecule has 4 aromatic rings. The molecule has 30 heavy (non-hydrogen) atoms. The van der Waals surface area contributed by atoms with Gasteiger partial charge >= 0.3 is 0 Å². The maximum absolute atomic E-state index is 12.8. The molecule has 0 fully saturated rings. The molecule has 2 heterocycles. The normalized spacial score (nSPS) is 11.5. The average Bonchev–Trinajstić information content (AvgIpc) is 2.77. The summed E-state index contributed by atoms with van der Waals surface area (Å²) in [6, 6.07) is 20.1. The third-order valence-corrected chi connectivity index (χ3v) is 6.09. The SMILES string of the molecule is CS(=O)(=O)c1ccc(CCC(=O)c2ccc3cncc(-c4ccccc4)c3n2)cc1. The molecular weight excluding hydrogens is 396 g/mol. The third kappa shape index (κ3) is 4.28. The molecule has 0 aliphatic carbocycles. The van der Waals surface area contributed by atoms with E-state index in [-0.39, 0.29) is 10.7 Å². The van der Waals surface area contributed by atoms with Crippen LogP contribution in [0.4, 0.5) is 0 Å². The van der Waals surface area contributed by atoms with E-state index in [1.807, 2.05) is 36.4 Å². The predicted octanol–water partition coefficient (Wildman–Crippen LogP) is 4.52. The average molecular weight is 417 g/mol. The fraction of sp³-hybridized carbons (Fsp3) is 0.125. The van der Waals surface area contributed by atoms with Gasteiger partial charge in [0.05, 0.1) is 10.4 Å². The Hall–Kier alpha value is -3.38. The number of carbonyl (C=O) groups is 1. The Morgan fingerprint density at radius 2 is 1.63 bits per heavy atom. The molecule has 0 radical (unpaired) electrons. The summed E-state index contributed by atoms with van der Waals surface area (Å²) in [5.74, 6) is -0.0556. The summed E-state index contributed by atoms with van der Waals surface area (Å²) < 4.78 is 23.1. The van der Waals surface area contributed by atoms with Gasteiger partial charge in [-0.2, -0.15) is 0 Å². The number of hydrogen-bond acceptors (Lipinski definition) is 5. The zero-order valence-electron chi connectivity index (χ0n) is 16.4. The van der Waals surface area contributed by atoms with Crippen LogP contribution in [0.15, 0.2) is 84.0 Å². The molecule has 2 aromatic carbocycles. The molecule has 0 unspecified atom stereocenters. The molecule has 0 aliphatic rings. The molecule has 0 atom stereocenters. The third-order valence-electron chi connectivity index (χ3n) is 4.96. The number of benzene rings is 2. The van der Waals surface area contributed by atoms with Crippen LogP contribution in [-0.4, -0.2) is 30.4 Å². The van der Waals surface area contributed by atoms with Gasteiger partial charge < -0.3 is 0 Å². The van der Waals surface area contributed by atoms with Crippen molar-refractivity contribution in [2.75, 3.05) is 6.26 Å². The number of sulfone groups is 1. The lowest BCUT2D eigenvalue weighted by Gasteiger charge is -2.08. The number of rotatable bonds is 6. The smallest absolute Gasteiger partial charge is 0.181 e. The Morgan fingerprint density at radius 3 is 2.33 bits per heavy atom. The van der Waals surface area contributed by atoms with Crippen molar-refractivity contribution in [3.05, 3.63) is 90.4 Å². The van der Waals surface area contributed by atoms with Crippen LogP contribution in [0, 0.1) is 0 Å². The second-order valence-corrected chi connectivity index (χ2v) is 9.18. The van der Waals surface area contributed by atoms with Crippen molar-refractivity contribution >= 4 is 26.5 Å². The van der Waals surface area contributed by atoms with E-state index >= 15 is 0 Å². The van der Waals surface area contributed by atoms with Crippen LogP contribution < -0.4 is 0 Å². The number of fused-ring (bicyclic) bond motifs is 1. The molecule has 0 bridgehead atoms. The second-order valence-electron chi connectivity index (χ2n) is 7.16. The molecule has 0 aliphatic heterocycles. The van der Waals surface area contributed by atoms with Gasteiger partial charge in [0.2, 0.25) is 0 Å². The number of hydrogen-bond donors (Lipinski definition) is 0.